The van der Waals surface area contributed by atoms with Crippen molar-refractivity contribution >= 4 is 17.3 Å². The molecule has 0 radical (unpaired) electrons. The topological polar surface area (TPSA) is 64.8 Å². The fraction of sp³-hybridized carbons (Fsp3) is 0.500. The summed E-state index contributed by atoms with van der Waals surface area (Å²) in [6, 6.07) is 5.35. The lowest BCUT2D eigenvalue weighted by molar-refractivity contribution is 0.0527. The largest absolute Gasteiger partial charge is 0.462 e. The fourth-order valence-corrected chi connectivity index (χ4v) is 1.64. The minimum Gasteiger partial charge on any atom is -0.462 e. The first-order valence-corrected chi connectivity index (χ1v) is 6.45. The first-order valence-electron chi connectivity index (χ1n) is 6.45. The standard InChI is InChI=1S/C14H22N2O3/c1-4-18-9-8-16(3)11-6-7-13(15)12(10-11)14(17)19-5-2/h6-7,10H,4-5,8-9,15H2,1-3H3. The van der Waals surface area contributed by atoms with Gasteiger partial charge in [0, 0.05) is 31.6 Å². The summed E-state index contributed by atoms with van der Waals surface area (Å²) >= 11 is 0. The number of hydrogen-bond donors (Lipinski definition) is 1. The average molecular weight is 266 g/mol. The monoisotopic (exact) mass is 266 g/mol. The summed E-state index contributed by atoms with van der Waals surface area (Å²) in [4.78, 5) is 13.8. The number of anilines is 2. The number of nitrogens with zero attached hydrogens (tertiary/aromatic N) is 1. The predicted octanol–water partition coefficient (Wildman–Crippen LogP) is 1.92. The molecule has 0 aromatic heterocycles. The molecule has 0 heterocycles. The second-order valence-corrected chi connectivity index (χ2v) is 4.11. The van der Waals surface area contributed by atoms with Gasteiger partial charge < -0.3 is 20.1 Å². The molecule has 5 nitrogen and oxygen atoms in total. The summed E-state index contributed by atoms with van der Waals surface area (Å²) in [5, 5.41) is 0. The summed E-state index contributed by atoms with van der Waals surface area (Å²) in [7, 11) is 1.94. The molecule has 5 heteroatoms. The third kappa shape index (κ3) is 4.44. The van der Waals surface area contributed by atoms with Crippen LogP contribution in [0.25, 0.3) is 0 Å². The number of nitrogens with two attached hydrogens (primary N) is 1. The van der Waals surface area contributed by atoms with Crippen molar-refractivity contribution in [2.24, 2.45) is 0 Å². The maximum absolute atomic E-state index is 11.8. The third-order valence-electron chi connectivity index (χ3n) is 2.75. The van der Waals surface area contributed by atoms with Crippen molar-refractivity contribution in [3.8, 4) is 0 Å². The molecule has 0 spiro atoms. The molecule has 1 aromatic carbocycles. The van der Waals surface area contributed by atoms with Gasteiger partial charge in [0.05, 0.1) is 18.8 Å². The van der Waals surface area contributed by atoms with Crippen molar-refractivity contribution in [3.05, 3.63) is 23.8 Å². The molecule has 19 heavy (non-hydrogen) atoms. The zero-order valence-corrected chi connectivity index (χ0v) is 11.8. The number of carbonyl (C=O) groups excluding carboxylic acids is 1. The van der Waals surface area contributed by atoms with Gasteiger partial charge in [-0.2, -0.15) is 0 Å². The molecule has 0 aliphatic carbocycles. The highest BCUT2D eigenvalue weighted by molar-refractivity contribution is 5.96. The highest BCUT2D eigenvalue weighted by atomic mass is 16.5. The number of rotatable bonds is 7. The second-order valence-electron chi connectivity index (χ2n) is 4.11. The van der Waals surface area contributed by atoms with E-state index in [4.69, 9.17) is 15.2 Å². The van der Waals surface area contributed by atoms with Crippen molar-refractivity contribution in [1.29, 1.82) is 0 Å². The van der Waals surface area contributed by atoms with E-state index in [1.807, 2.05) is 24.9 Å². The Bertz CT molecular complexity index is 421. The quantitative estimate of drug-likeness (QED) is 0.464. The van der Waals surface area contributed by atoms with Crippen LogP contribution in [0.3, 0.4) is 0 Å². The number of likely N-dealkylation sites (N-methyl/N-ethyl adjacent to an activating group) is 1. The summed E-state index contributed by atoms with van der Waals surface area (Å²) in [5.41, 5.74) is 7.55. The van der Waals surface area contributed by atoms with Crippen LogP contribution >= 0.6 is 0 Å². The van der Waals surface area contributed by atoms with E-state index in [9.17, 15) is 4.79 Å². The van der Waals surface area contributed by atoms with Crippen LogP contribution < -0.4 is 10.6 Å². The summed E-state index contributed by atoms with van der Waals surface area (Å²) in [6.45, 7) is 6.16. The Morgan fingerprint density at radius 2 is 2.05 bits per heavy atom. The van der Waals surface area contributed by atoms with Crippen molar-refractivity contribution in [3.63, 3.8) is 0 Å². The Balaban J connectivity index is 2.80. The Kier molecular flexibility index (Phi) is 6.15. The van der Waals surface area contributed by atoms with Crippen LogP contribution in [0.1, 0.15) is 24.2 Å². The fourth-order valence-electron chi connectivity index (χ4n) is 1.64. The van der Waals surface area contributed by atoms with Crippen LogP contribution in [0.15, 0.2) is 18.2 Å². The molecule has 2 N–H and O–H groups in total. The molecule has 0 fully saturated rings. The van der Waals surface area contributed by atoms with E-state index in [1.54, 1.807) is 19.1 Å². The van der Waals surface area contributed by atoms with Crippen molar-refractivity contribution in [2.75, 3.05) is 44.0 Å². The van der Waals surface area contributed by atoms with Crippen LogP contribution in [0, 0.1) is 0 Å². The molecule has 1 aromatic rings. The van der Waals surface area contributed by atoms with Crippen LogP contribution in [-0.4, -0.2) is 39.4 Å². The van der Waals surface area contributed by atoms with E-state index in [0.717, 1.165) is 12.2 Å². The van der Waals surface area contributed by atoms with Gasteiger partial charge in [0.25, 0.3) is 0 Å². The van der Waals surface area contributed by atoms with Crippen LogP contribution in [0.2, 0.25) is 0 Å². The second kappa shape index (κ2) is 7.63. The molecule has 0 atom stereocenters. The minimum atomic E-state index is -0.389. The van der Waals surface area contributed by atoms with Gasteiger partial charge in [-0.3, -0.25) is 0 Å². The van der Waals surface area contributed by atoms with E-state index < -0.39 is 0 Å². The molecule has 0 saturated heterocycles. The summed E-state index contributed by atoms with van der Waals surface area (Å²) < 4.78 is 10.3. The molecule has 0 unspecified atom stereocenters. The summed E-state index contributed by atoms with van der Waals surface area (Å²) in [6.07, 6.45) is 0. The van der Waals surface area contributed by atoms with Gasteiger partial charge in [0.15, 0.2) is 0 Å². The average Bonchev–Trinajstić information content (AvgIpc) is 2.39. The van der Waals surface area contributed by atoms with E-state index in [2.05, 4.69) is 0 Å². The number of hydrogen-bond acceptors (Lipinski definition) is 5. The molecule has 0 bridgehead atoms. The van der Waals surface area contributed by atoms with Crippen LogP contribution in [0.4, 0.5) is 11.4 Å². The highest BCUT2D eigenvalue weighted by Crippen LogP contribution is 2.21. The molecule has 106 valence electrons. The zero-order chi connectivity index (χ0) is 14.3. The lowest BCUT2D eigenvalue weighted by Crippen LogP contribution is -2.23. The maximum Gasteiger partial charge on any atom is 0.340 e. The van der Waals surface area contributed by atoms with Gasteiger partial charge in [-0.25, -0.2) is 4.79 Å². The number of esters is 1. The van der Waals surface area contributed by atoms with Gasteiger partial charge in [-0.1, -0.05) is 0 Å². The molecular weight excluding hydrogens is 244 g/mol. The first-order chi connectivity index (χ1) is 9.10. The van der Waals surface area contributed by atoms with Gasteiger partial charge in [-0.15, -0.1) is 0 Å². The van der Waals surface area contributed by atoms with Crippen molar-refractivity contribution in [1.82, 2.24) is 0 Å². The molecule has 0 aliphatic rings. The van der Waals surface area contributed by atoms with E-state index >= 15 is 0 Å². The van der Waals surface area contributed by atoms with Gasteiger partial charge in [-0.05, 0) is 32.0 Å². The maximum atomic E-state index is 11.8. The number of nitrogen functional groups attached to an aromatic ring is 1. The van der Waals surface area contributed by atoms with Crippen LogP contribution in [0.5, 0.6) is 0 Å². The number of carbonyl (C=O) groups is 1. The Labute approximate surface area is 114 Å². The van der Waals surface area contributed by atoms with Crippen molar-refractivity contribution in [2.45, 2.75) is 13.8 Å². The Morgan fingerprint density at radius 3 is 2.68 bits per heavy atom. The lowest BCUT2D eigenvalue weighted by atomic mass is 10.1. The summed E-state index contributed by atoms with van der Waals surface area (Å²) in [5.74, 6) is -0.389. The SMILES string of the molecule is CCOCCN(C)c1ccc(N)c(C(=O)OCC)c1. The van der Waals surface area contributed by atoms with E-state index in [0.29, 0.717) is 31.1 Å². The van der Waals surface area contributed by atoms with Crippen LogP contribution in [-0.2, 0) is 9.47 Å². The minimum absolute atomic E-state index is 0.336. The third-order valence-corrected chi connectivity index (χ3v) is 2.75. The first kappa shape index (κ1) is 15.3. The molecule has 0 aliphatic heterocycles. The molecule has 0 amide bonds. The number of ether oxygens (including phenoxy) is 2. The lowest BCUT2D eigenvalue weighted by Gasteiger charge is -2.20. The van der Waals surface area contributed by atoms with E-state index in [-0.39, 0.29) is 5.97 Å². The highest BCUT2D eigenvalue weighted by Gasteiger charge is 2.13. The normalized spacial score (nSPS) is 10.3. The Morgan fingerprint density at radius 1 is 1.32 bits per heavy atom. The number of benzene rings is 1. The van der Waals surface area contributed by atoms with Gasteiger partial charge in [0.2, 0.25) is 0 Å². The molecule has 1 rings (SSSR count). The van der Waals surface area contributed by atoms with E-state index in [1.165, 1.54) is 0 Å². The van der Waals surface area contributed by atoms with Gasteiger partial charge >= 0.3 is 5.97 Å². The van der Waals surface area contributed by atoms with Crippen molar-refractivity contribution < 1.29 is 14.3 Å². The smallest absolute Gasteiger partial charge is 0.340 e. The predicted molar refractivity (Wildman–Crippen MR) is 76.6 cm³/mol. The Hall–Kier alpha value is -1.75. The molecule has 0 saturated carbocycles. The van der Waals surface area contributed by atoms with Gasteiger partial charge in [0.1, 0.15) is 0 Å². The molecular formula is C14H22N2O3. The zero-order valence-electron chi connectivity index (χ0n) is 11.8.